The van der Waals surface area contributed by atoms with Gasteiger partial charge < -0.3 is 19.7 Å². The Labute approximate surface area is 181 Å². The zero-order valence-electron chi connectivity index (χ0n) is 17.5. The zero-order valence-corrected chi connectivity index (χ0v) is 17.5. The number of piperazine rings is 1. The van der Waals surface area contributed by atoms with Crippen LogP contribution in [0.5, 0.6) is 11.5 Å². The predicted molar refractivity (Wildman–Crippen MR) is 116 cm³/mol. The number of nitrogens with zero attached hydrogens (tertiary/aromatic N) is 2. The number of ether oxygens (including phenoxy) is 2. The van der Waals surface area contributed by atoms with Crippen molar-refractivity contribution in [1.82, 2.24) is 9.80 Å². The van der Waals surface area contributed by atoms with Gasteiger partial charge in [0.15, 0.2) is 11.5 Å². The maximum Gasteiger partial charge on any atom is 0.231 e. The molecule has 7 heteroatoms. The highest BCUT2D eigenvalue weighted by atomic mass is 16.7. The van der Waals surface area contributed by atoms with E-state index in [1.807, 2.05) is 41.3 Å². The van der Waals surface area contributed by atoms with Gasteiger partial charge in [-0.25, -0.2) is 0 Å². The highest BCUT2D eigenvalue weighted by molar-refractivity contribution is 5.96. The lowest BCUT2D eigenvalue weighted by atomic mass is 9.89. The van der Waals surface area contributed by atoms with Crippen LogP contribution in [0.25, 0.3) is 0 Å². The van der Waals surface area contributed by atoms with Gasteiger partial charge in [-0.1, -0.05) is 24.3 Å². The first-order valence-corrected chi connectivity index (χ1v) is 10.9. The fourth-order valence-electron chi connectivity index (χ4n) is 4.56. The van der Waals surface area contributed by atoms with E-state index >= 15 is 0 Å². The molecule has 2 aromatic rings. The molecule has 31 heavy (non-hydrogen) atoms. The summed E-state index contributed by atoms with van der Waals surface area (Å²) in [6.45, 7) is 4.26. The summed E-state index contributed by atoms with van der Waals surface area (Å²) in [5, 5.41) is 2.97. The molecule has 2 amide bonds. The average molecular weight is 421 g/mol. The molecule has 0 bridgehead atoms. The topological polar surface area (TPSA) is 71.1 Å². The van der Waals surface area contributed by atoms with Crippen LogP contribution in [-0.2, 0) is 22.6 Å². The van der Waals surface area contributed by atoms with E-state index in [-0.39, 0.29) is 24.5 Å². The number of nitrogens with one attached hydrogen (secondary N) is 1. The van der Waals surface area contributed by atoms with Gasteiger partial charge in [0.2, 0.25) is 18.6 Å². The lowest BCUT2D eigenvalue weighted by molar-refractivity contribution is -0.133. The minimum Gasteiger partial charge on any atom is -0.454 e. The molecule has 0 spiro atoms. The number of amides is 2. The molecule has 0 radical (unpaired) electrons. The Hall–Kier alpha value is -3.06. The van der Waals surface area contributed by atoms with Gasteiger partial charge in [0.05, 0.1) is 0 Å². The molecule has 0 unspecified atom stereocenters. The Morgan fingerprint density at radius 3 is 2.71 bits per heavy atom. The van der Waals surface area contributed by atoms with Crippen molar-refractivity contribution in [2.24, 2.45) is 5.92 Å². The normalized spacial score (nSPS) is 20.3. The van der Waals surface area contributed by atoms with Gasteiger partial charge >= 0.3 is 0 Å². The van der Waals surface area contributed by atoms with E-state index in [9.17, 15) is 9.59 Å². The number of rotatable bonds is 5. The van der Waals surface area contributed by atoms with E-state index in [4.69, 9.17) is 9.47 Å². The number of carbonyl (C=O) groups excluding carboxylic acids is 2. The Kier molecular flexibility index (Phi) is 5.51. The first kappa shape index (κ1) is 19.9. The predicted octanol–water partition coefficient (Wildman–Crippen LogP) is 2.65. The van der Waals surface area contributed by atoms with Crippen LogP contribution in [0.1, 0.15) is 24.0 Å². The lowest BCUT2D eigenvalue weighted by Crippen LogP contribution is -2.48. The van der Waals surface area contributed by atoms with Crippen molar-refractivity contribution in [3.05, 3.63) is 53.6 Å². The number of carbonyl (C=O) groups is 2. The van der Waals surface area contributed by atoms with E-state index in [1.165, 1.54) is 5.56 Å². The number of anilines is 1. The van der Waals surface area contributed by atoms with Crippen LogP contribution in [0.3, 0.4) is 0 Å². The second kappa shape index (κ2) is 8.59. The summed E-state index contributed by atoms with van der Waals surface area (Å²) in [5.74, 6) is 1.65. The summed E-state index contributed by atoms with van der Waals surface area (Å²) in [4.78, 5) is 29.4. The number of benzene rings is 2. The SMILES string of the molecule is O=C1Nc2ccccc2C[C@@H]1CCC(=O)N1CCN(Cc2ccc3c(c2)OCO3)CC1. The fraction of sp³-hybridized carbons (Fsp3) is 0.417. The van der Waals surface area contributed by atoms with Crippen LogP contribution >= 0.6 is 0 Å². The number of fused-ring (bicyclic) bond motifs is 2. The Bertz CT molecular complexity index is 985. The van der Waals surface area contributed by atoms with E-state index in [0.717, 1.165) is 55.5 Å². The molecule has 0 saturated carbocycles. The van der Waals surface area contributed by atoms with Gasteiger partial charge in [0.1, 0.15) is 0 Å². The third-order valence-electron chi connectivity index (χ3n) is 6.39. The molecular formula is C24H27N3O4. The maximum absolute atomic E-state index is 12.7. The molecule has 0 aliphatic carbocycles. The van der Waals surface area contributed by atoms with Crippen molar-refractivity contribution >= 4 is 17.5 Å². The van der Waals surface area contributed by atoms with Crippen molar-refractivity contribution < 1.29 is 19.1 Å². The molecule has 1 N–H and O–H groups in total. The van der Waals surface area contributed by atoms with Crippen LogP contribution in [0.4, 0.5) is 5.69 Å². The van der Waals surface area contributed by atoms with Gasteiger partial charge in [0.25, 0.3) is 0 Å². The van der Waals surface area contributed by atoms with E-state index in [1.54, 1.807) is 0 Å². The third kappa shape index (κ3) is 4.37. The molecule has 5 rings (SSSR count). The van der Waals surface area contributed by atoms with Gasteiger partial charge in [0, 0.05) is 50.7 Å². The van der Waals surface area contributed by atoms with E-state index < -0.39 is 0 Å². The Morgan fingerprint density at radius 2 is 1.84 bits per heavy atom. The van der Waals surface area contributed by atoms with Gasteiger partial charge in [-0.05, 0) is 42.2 Å². The molecule has 2 aromatic carbocycles. The minimum atomic E-state index is -0.133. The van der Waals surface area contributed by atoms with Crippen molar-refractivity contribution in [2.45, 2.75) is 25.8 Å². The molecule has 1 atom stereocenters. The molecule has 3 heterocycles. The molecule has 1 fully saturated rings. The fourth-order valence-corrected chi connectivity index (χ4v) is 4.56. The third-order valence-corrected chi connectivity index (χ3v) is 6.39. The quantitative estimate of drug-likeness (QED) is 0.804. The van der Waals surface area contributed by atoms with Crippen molar-refractivity contribution in [3.8, 4) is 11.5 Å². The largest absolute Gasteiger partial charge is 0.454 e. The molecule has 1 saturated heterocycles. The highest BCUT2D eigenvalue weighted by Crippen LogP contribution is 2.33. The summed E-state index contributed by atoms with van der Waals surface area (Å²) >= 11 is 0. The second-order valence-electron chi connectivity index (χ2n) is 8.43. The smallest absolute Gasteiger partial charge is 0.231 e. The van der Waals surface area contributed by atoms with Crippen LogP contribution in [0.2, 0.25) is 0 Å². The molecular weight excluding hydrogens is 394 g/mol. The molecule has 7 nitrogen and oxygen atoms in total. The first-order chi connectivity index (χ1) is 15.2. The van der Waals surface area contributed by atoms with E-state index in [2.05, 4.69) is 16.3 Å². The Balaban J connectivity index is 1.09. The standard InChI is InChI=1S/C24H27N3O4/c28-23(8-6-19-14-18-3-1-2-4-20(18)25-24(19)29)27-11-9-26(10-12-27)15-17-5-7-21-22(13-17)31-16-30-21/h1-5,7,13,19H,6,8-12,14-16H2,(H,25,29)/t19-/m0/s1. The van der Waals surface area contributed by atoms with Crippen LogP contribution < -0.4 is 14.8 Å². The Morgan fingerprint density at radius 1 is 1.03 bits per heavy atom. The number of hydrogen-bond acceptors (Lipinski definition) is 5. The monoisotopic (exact) mass is 421 g/mol. The van der Waals surface area contributed by atoms with E-state index in [0.29, 0.717) is 19.3 Å². The number of para-hydroxylation sites is 1. The molecule has 3 aliphatic heterocycles. The highest BCUT2D eigenvalue weighted by Gasteiger charge is 2.28. The van der Waals surface area contributed by atoms with Gasteiger partial charge in [-0.15, -0.1) is 0 Å². The summed E-state index contributed by atoms with van der Waals surface area (Å²) in [6.07, 6.45) is 1.72. The van der Waals surface area contributed by atoms with Crippen LogP contribution in [0, 0.1) is 5.92 Å². The van der Waals surface area contributed by atoms with Gasteiger partial charge in [-0.2, -0.15) is 0 Å². The molecule has 162 valence electrons. The molecule has 3 aliphatic rings. The number of hydrogen-bond donors (Lipinski definition) is 1. The first-order valence-electron chi connectivity index (χ1n) is 10.9. The van der Waals surface area contributed by atoms with Crippen molar-refractivity contribution in [2.75, 3.05) is 38.3 Å². The van der Waals surface area contributed by atoms with Crippen molar-refractivity contribution in [3.63, 3.8) is 0 Å². The summed E-state index contributed by atoms with van der Waals surface area (Å²) in [6, 6.07) is 13.9. The maximum atomic E-state index is 12.7. The van der Waals surface area contributed by atoms with Crippen LogP contribution in [0.15, 0.2) is 42.5 Å². The summed E-state index contributed by atoms with van der Waals surface area (Å²) < 4.78 is 10.8. The minimum absolute atomic E-state index is 0.0278. The van der Waals surface area contributed by atoms with Crippen LogP contribution in [-0.4, -0.2) is 54.6 Å². The van der Waals surface area contributed by atoms with Gasteiger partial charge in [-0.3, -0.25) is 14.5 Å². The average Bonchev–Trinajstić information content (AvgIpc) is 3.26. The second-order valence-corrected chi connectivity index (χ2v) is 8.43. The zero-order chi connectivity index (χ0) is 21.2. The summed E-state index contributed by atoms with van der Waals surface area (Å²) in [5.41, 5.74) is 3.23. The lowest BCUT2D eigenvalue weighted by Gasteiger charge is -2.35. The molecule has 0 aromatic heterocycles. The van der Waals surface area contributed by atoms with Crippen molar-refractivity contribution in [1.29, 1.82) is 0 Å². The summed E-state index contributed by atoms with van der Waals surface area (Å²) in [7, 11) is 0.